The average Bonchev–Trinajstić information content (AvgIpc) is 2.61. The SMILES string of the molecule is NC(=O)CC1CCN(CC(O)COc2cccc3ccccc23)CC1. The molecule has 1 saturated heterocycles. The number of β-amino-alcohol motifs (C(OH)–C–C–N with tert-alkyl or cyclic N) is 1. The Labute approximate surface area is 148 Å². The summed E-state index contributed by atoms with van der Waals surface area (Å²) in [7, 11) is 0. The third-order valence-corrected chi connectivity index (χ3v) is 4.85. The first kappa shape index (κ1) is 17.7. The second-order valence-corrected chi connectivity index (χ2v) is 6.86. The Kier molecular flexibility index (Phi) is 5.89. The van der Waals surface area contributed by atoms with E-state index in [4.69, 9.17) is 10.5 Å². The molecule has 0 spiro atoms. The minimum Gasteiger partial charge on any atom is -0.490 e. The van der Waals surface area contributed by atoms with Crippen LogP contribution >= 0.6 is 0 Å². The maximum Gasteiger partial charge on any atom is 0.217 e. The van der Waals surface area contributed by atoms with Gasteiger partial charge in [0.2, 0.25) is 5.91 Å². The van der Waals surface area contributed by atoms with Crippen molar-refractivity contribution in [2.45, 2.75) is 25.4 Å². The van der Waals surface area contributed by atoms with E-state index < -0.39 is 6.10 Å². The fourth-order valence-electron chi connectivity index (χ4n) is 3.52. The Bertz CT molecular complexity index is 706. The van der Waals surface area contributed by atoms with Crippen LogP contribution in [0.1, 0.15) is 19.3 Å². The minimum atomic E-state index is -0.536. The number of hydrogen-bond donors (Lipinski definition) is 2. The van der Waals surface area contributed by atoms with Crippen LogP contribution in [0, 0.1) is 5.92 Å². The molecule has 2 aromatic rings. The number of nitrogens with two attached hydrogens (primary N) is 1. The van der Waals surface area contributed by atoms with Gasteiger partial charge in [0.25, 0.3) is 0 Å². The fraction of sp³-hybridized carbons (Fsp3) is 0.450. The van der Waals surface area contributed by atoms with Gasteiger partial charge in [-0.05, 0) is 43.3 Å². The third-order valence-electron chi connectivity index (χ3n) is 4.85. The second-order valence-electron chi connectivity index (χ2n) is 6.86. The van der Waals surface area contributed by atoms with E-state index >= 15 is 0 Å². The molecular weight excluding hydrogens is 316 g/mol. The summed E-state index contributed by atoms with van der Waals surface area (Å²) in [5.74, 6) is 0.970. The van der Waals surface area contributed by atoms with Crippen molar-refractivity contribution in [3.05, 3.63) is 42.5 Å². The highest BCUT2D eigenvalue weighted by atomic mass is 16.5. The number of nitrogens with zero attached hydrogens (tertiary/aromatic N) is 1. The molecule has 5 heteroatoms. The molecule has 0 aliphatic carbocycles. The van der Waals surface area contributed by atoms with Gasteiger partial charge in [-0.3, -0.25) is 4.79 Å². The van der Waals surface area contributed by atoms with Crippen LogP contribution in [0.3, 0.4) is 0 Å². The van der Waals surface area contributed by atoms with Crippen molar-refractivity contribution >= 4 is 16.7 Å². The molecule has 1 unspecified atom stereocenters. The molecule has 0 aromatic heterocycles. The van der Waals surface area contributed by atoms with E-state index in [-0.39, 0.29) is 12.5 Å². The van der Waals surface area contributed by atoms with Gasteiger partial charge in [-0.2, -0.15) is 0 Å². The average molecular weight is 342 g/mol. The Morgan fingerprint density at radius 2 is 1.92 bits per heavy atom. The van der Waals surface area contributed by atoms with Crippen molar-refractivity contribution in [1.82, 2.24) is 4.90 Å². The van der Waals surface area contributed by atoms with Crippen LogP contribution in [0.15, 0.2) is 42.5 Å². The lowest BCUT2D eigenvalue weighted by molar-refractivity contribution is -0.119. The fourth-order valence-corrected chi connectivity index (χ4v) is 3.52. The van der Waals surface area contributed by atoms with Gasteiger partial charge in [-0.1, -0.05) is 36.4 Å². The molecule has 0 radical (unpaired) electrons. The topological polar surface area (TPSA) is 75.8 Å². The Morgan fingerprint density at radius 3 is 2.68 bits per heavy atom. The van der Waals surface area contributed by atoms with E-state index in [1.807, 2.05) is 30.3 Å². The standard InChI is InChI=1S/C20H26N2O3/c21-20(24)12-15-8-10-22(11-9-15)13-17(23)14-25-19-7-3-5-16-4-1-2-6-18(16)19/h1-7,15,17,23H,8-14H2,(H2,21,24). The maximum absolute atomic E-state index is 11.0. The highest BCUT2D eigenvalue weighted by Gasteiger charge is 2.22. The van der Waals surface area contributed by atoms with Crippen LogP contribution in [0.2, 0.25) is 0 Å². The number of aliphatic hydroxyl groups excluding tert-OH is 1. The number of primary amides is 1. The van der Waals surface area contributed by atoms with E-state index in [1.54, 1.807) is 0 Å². The van der Waals surface area contributed by atoms with Gasteiger partial charge in [-0.15, -0.1) is 0 Å². The number of benzene rings is 2. The number of fused-ring (bicyclic) bond motifs is 1. The van der Waals surface area contributed by atoms with Crippen LogP contribution in [-0.2, 0) is 4.79 Å². The van der Waals surface area contributed by atoms with Gasteiger partial charge >= 0.3 is 0 Å². The van der Waals surface area contributed by atoms with Crippen LogP contribution in [0.4, 0.5) is 0 Å². The van der Waals surface area contributed by atoms with Crippen molar-refractivity contribution in [2.75, 3.05) is 26.2 Å². The van der Waals surface area contributed by atoms with Gasteiger partial charge in [0.1, 0.15) is 18.5 Å². The summed E-state index contributed by atoms with van der Waals surface area (Å²) >= 11 is 0. The van der Waals surface area contributed by atoms with Crippen molar-refractivity contribution in [2.24, 2.45) is 11.7 Å². The van der Waals surface area contributed by atoms with Gasteiger partial charge in [0.05, 0.1) is 0 Å². The van der Waals surface area contributed by atoms with E-state index in [0.29, 0.717) is 18.9 Å². The lowest BCUT2D eigenvalue weighted by Crippen LogP contribution is -2.41. The van der Waals surface area contributed by atoms with E-state index in [1.165, 1.54) is 0 Å². The number of likely N-dealkylation sites (tertiary alicyclic amines) is 1. The molecule has 3 rings (SSSR count). The first-order chi connectivity index (χ1) is 12.1. The van der Waals surface area contributed by atoms with Crippen LogP contribution in [0.25, 0.3) is 10.8 Å². The molecule has 1 fully saturated rings. The van der Waals surface area contributed by atoms with E-state index in [9.17, 15) is 9.90 Å². The van der Waals surface area contributed by atoms with Gasteiger partial charge in [0.15, 0.2) is 0 Å². The number of rotatable bonds is 7. The minimum absolute atomic E-state index is 0.220. The number of carbonyl (C=O) groups is 1. The number of amides is 1. The van der Waals surface area contributed by atoms with Gasteiger partial charge in [0, 0.05) is 18.4 Å². The van der Waals surface area contributed by atoms with E-state index in [2.05, 4.69) is 17.0 Å². The summed E-state index contributed by atoms with van der Waals surface area (Å²) in [4.78, 5) is 13.2. The molecule has 0 bridgehead atoms. The predicted octanol–water partition coefficient (Wildman–Crippen LogP) is 2.17. The number of hydrogen-bond acceptors (Lipinski definition) is 4. The molecule has 1 aliphatic heterocycles. The zero-order valence-corrected chi connectivity index (χ0v) is 14.4. The van der Waals surface area contributed by atoms with E-state index in [0.717, 1.165) is 42.5 Å². The molecule has 134 valence electrons. The zero-order valence-electron chi connectivity index (χ0n) is 14.4. The summed E-state index contributed by atoms with van der Waals surface area (Å²) in [6.45, 7) is 2.65. The second kappa shape index (κ2) is 8.32. The summed E-state index contributed by atoms with van der Waals surface area (Å²) in [6.07, 6.45) is 1.85. The summed E-state index contributed by atoms with van der Waals surface area (Å²) in [5, 5.41) is 12.5. The molecule has 1 heterocycles. The highest BCUT2D eigenvalue weighted by Crippen LogP contribution is 2.25. The molecule has 1 atom stereocenters. The zero-order chi connectivity index (χ0) is 17.6. The molecule has 2 aromatic carbocycles. The van der Waals surface area contributed by atoms with Crippen LogP contribution < -0.4 is 10.5 Å². The Hall–Kier alpha value is -2.11. The van der Waals surface area contributed by atoms with Crippen molar-refractivity contribution < 1.29 is 14.6 Å². The molecule has 25 heavy (non-hydrogen) atoms. The molecule has 5 nitrogen and oxygen atoms in total. The molecule has 1 amide bonds. The largest absolute Gasteiger partial charge is 0.490 e. The summed E-state index contributed by atoms with van der Waals surface area (Å²) in [6, 6.07) is 14.0. The first-order valence-electron chi connectivity index (χ1n) is 8.91. The van der Waals surface area contributed by atoms with Crippen molar-refractivity contribution in [3.8, 4) is 5.75 Å². The maximum atomic E-state index is 11.0. The smallest absolute Gasteiger partial charge is 0.217 e. The summed E-state index contributed by atoms with van der Waals surface area (Å²) < 4.78 is 5.86. The van der Waals surface area contributed by atoms with Gasteiger partial charge in [-0.25, -0.2) is 0 Å². The molecule has 1 aliphatic rings. The van der Waals surface area contributed by atoms with Crippen molar-refractivity contribution in [3.63, 3.8) is 0 Å². The quantitative estimate of drug-likeness (QED) is 0.808. The number of piperidine rings is 1. The molecule has 0 saturated carbocycles. The Balaban J connectivity index is 1.47. The monoisotopic (exact) mass is 342 g/mol. The van der Waals surface area contributed by atoms with Crippen molar-refractivity contribution in [1.29, 1.82) is 0 Å². The molecular formula is C20H26N2O3. The Morgan fingerprint density at radius 1 is 1.20 bits per heavy atom. The number of ether oxygens (including phenoxy) is 1. The van der Waals surface area contributed by atoms with Crippen LogP contribution in [0.5, 0.6) is 5.75 Å². The summed E-state index contributed by atoms with van der Waals surface area (Å²) in [5.41, 5.74) is 5.26. The third kappa shape index (κ3) is 4.94. The van der Waals surface area contributed by atoms with Gasteiger partial charge < -0.3 is 20.5 Å². The predicted molar refractivity (Wildman–Crippen MR) is 98.4 cm³/mol. The highest BCUT2D eigenvalue weighted by molar-refractivity contribution is 5.88. The number of carbonyl (C=O) groups excluding carboxylic acids is 1. The number of aliphatic hydroxyl groups is 1. The van der Waals surface area contributed by atoms with Crippen LogP contribution in [-0.4, -0.2) is 48.3 Å². The lowest BCUT2D eigenvalue weighted by atomic mass is 9.93. The lowest BCUT2D eigenvalue weighted by Gasteiger charge is -2.32. The normalized spacial score (nSPS) is 17.5. The molecule has 3 N–H and O–H groups in total. The first-order valence-corrected chi connectivity index (χ1v) is 8.91.